The molecule has 20 heavy (non-hydrogen) atoms. The number of Topliss-reactive ketones (excluding diaryl/α,β-unsaturated/α-hetero) is 1. The third-order valence-electron chi connectivity index (χ3n) is 3.49. The molecule has 0 N–H and O–H groups in total. The predicted molar refractivity (Wildman–Crippen MR) is 77.9 cm³/mol. The van der Waals surface area contributed by atoms with Gasteiger partial charge in [-0.2, -0.15) is 0 Å². The number of rotatable bonds is 4. The van der Waals surface area contributed by atoms with Crippen molar-refractivity contribution in [3.63, 3.8) is 0 Å². The molecule has 0 radical (unpaired) electrons. The van der Waals surface area contributed by atoms with E-state index in [9.17, 15) is 9.59 Å². The van der Waals surface area contributed by atoms with Crippen LogP contribution in [0.2, 0.25) is 0 Å². The predicted octanol–water partition coefficient (Wildman–Crippen LogP) is 3.17. The van der Waals surface area contributed by atoms with Gasteiger partial charge in [0.25, 0.3) is 0 Å². The molecule has 0 aliphatic heterocycles. The molecule has 1 aromatic rings. The molecule has 0 heterocycles. The fraction of sp³-hybridized carbons (Fsp3) is 0.294. The first-order valence-corrected chi connectivity index (χ1v) is 6.67. The Labute approximate surface area is 118 Å². The molecule has 0 spiro atoms. The van der Waals surface area contributed by atoms with E-state index >= 15 is 0 Å². The minimum atomic E-state index is -0.346. The van der Waals surface area contributed by atoms with Crippen molar-refractivity contribution in [1.82, 2.24) is 0 Å². The van der Waals surface area contributed by atoms with Crippen LogP contribution in [0.15, 0.2) is 48.1 Å². The van der Waals surface area contributed by atoms with Gasteiger partial charge in [-0.3, -0.25) is 4.79 Å². The molecule has 0 fully saturated rings. The monoisotopic (exact) mass is 270 g/mol. The fourth-order valence-electron chi connectivity index (χ4n) is 2.37. The van der Waals surface area contributed by atoms with Crippen LogP contribution in [-0.4, -0.2) is 18.9 Å². The van der Waals surface area contributed by atoms with E-state index in [0.29, 0.717) is 18.4 Å². The van der Waals surface area contributed by atoms with Gasteiger partial charge in [-0.25, -0.2) is 4.79 Å². The summed E-state index contributed by atoms with van der Waals surface area (Å²) in [7, 11) is 1.38. The highest BCUT2D eigenvalue weighted by Gasteiger charge is 2.21. The zero-order chi connectivity index (χ0) is 14.5. The number of ether oxygens (including phenoxy) is 1. The number of hydrogen-bond donors (Lipinski definition) is 0. The molecule has 0 saturated carbocycles. The van der Waals surface area contributed by atoms with E-state index in [1.165, 1.54) is 7.11 Å². The summed E-state index contributed by atoms with van der Waals surface area (Å²) < 4.78 is 4.83. The first kappa shape index (κ1) is 14.3. The third-order valence-corrected chi connectivity index (χ3v) is 3.49. The quantitative estimate of drug-likeness (QED) is 0.623. The summed E-state index contributed by atoms with van der Waals surface area (Å²) in [6, 6.07) is 9.43. The lowest BCUT2D eigenvalue weighted by Gasteiger charge is -2.07. The van der Waals surface area contributed by atoms with Gasteiger partial charge in [-0.15, -0.1) is 0 Å². The average molecular weight is 270 g/mol. The second kappa shape index (κ2) is 6.33. The Morgan fingerprint density at radius 1 is 1.35 bits per heavy atom. The van der Waals surface area contributed by atoms with Crippen LogP contribution in [-0.2, 0) is 14.3 Å². The maximum atomic E-state index is 11.9. The molecule has 1 aliphatic rings. The van der Waals surface area contributed by atoms with Gasteiger partial charge < -0.3 is 4.74 Å². The lowest BCUT2D eigenvalue weighted by atomic mass is 9.99. The standard InChI is InChI=1S/C17H18O3/c1-12-10-13(11-16(12)18)8-9-15(17(19)20-2)14-6-4-3-5-7-14/h3-7,9-10,13H,8,11H2,1-2H3/b15-9+. The second-order valence-electron chi connectivity index (χ2n) is 4.95. The van der Waals surface area contributed by atoms with E-state index in [1.807, 2.05) is 49.4 Å². The maximum Gasteiger partial charge on any atom is 0.338 e. The molecule has 2 rings (SSSR count). The van der Waals surface area contributed by atoms with Crippen LogP contribution in [0.25, 0.3) is 5.57 Å². The van der Waals surface area contributed by atoms with E-state index in [2.05, 4.69) is 0 Å². The van der Waals surface area contributed by atoms with Crippen LogP contribution < -0.4 is 0 Å². The summed E-state index contributed by atoms with van der Waals surface area (Å²) in [5.74, 6) is 0.0369. The van der Waals surface area contributed by atoms with Gasteiger partial charge in [-0.1, -0.05) is 42.5 Å². The summed E-state index contributed by atoms with van der Waals surface area (Å²) in [6.45, 7) is 1.84. The first-order valence-electron chi connectivity index (χ1n) is 6.67. The van der Waals surface area contributed by atoms with Crippen molar-refractivity contribution in [2.75, 3.05) is 7.11 Å². The molecule has 3 heteroatoms. The summed E-state index contributed by atoms with van der Waals surface area (Å²) in [4.78, 5) is 23.4. The lowest BCUT2D eigenvalue weighted by Crippen LogP contribution is -2.05. The fourth-order valence-corrected chi connectivity index (χ4v) is 2.37. The topological polar surface area (TPSA) is 43.4 Å². The molecule has 0 bridgehead atoms. The third kappa shape index (κ3) is 3.23. The van der Waals surface area contributed by atoms with E-state index in [-0.39, 0.29) is 17.7 Å². The Hall–Kier alpha value is -2.16. The number of carbonyl (C=O) groups excluding carboxylic acids is 2. The molecular weight excluding hydrogens is 252 g/mol. The number of methoxy groups -OCH3 is 1. The summed E-state index contributed by atoms with van der Waals surface area (Å²) >= 11 is 0. The van der Waals surface area contributed by atoms with Gasteiger partial charge in [0.05, 0.1) is 12.7 Å². The van der Waals surface area contributed by atoms with E-state index in [4.69, 9.17) is 4.74 Å². The van der Waals surface area contributed by atoms with Crippen molar-refractivity contribution >= 4 is 17.3 Å². The molecule has 0 amide bonds. The molecule has 1 aromatic carbocycles. The van der Waals surface area contributed by atoms with E-state index in [0.717, 1.165) is 11.1 Å². The molecule has 104 valence electrons. The van der Waals surface area contributed by atoms with Crippen molar-refractivity contribution in [2.24, 2.45) is 5.92 Å². The molecule has 1 atom stereocenters. The number of hydrogen-bond acceptors (Lipinski definition) is 3. The van der Waals surface area contributed by atoms with Crippen LogP contribution >= 0.6 is 0 Å². The Balaban J connectivity index is 2.18. The van der Waals surface area contributed by atoms with Crippen LogP contribution in [0.3, 0.4) is 0 Å². The second-order valence-corrected chi connectivity index (χ2v) is 4.95. The molecule has 1 unspecified atom stereocenters. The van der Waals surface area contributed by atoms with Gasteiger partial charge in [0.15, 0.2) is 5.78 Å². The highest BCUT2D eigenvalue weighted by molar-refractivity contribution is 6.16. The Morgan fingerprint density at radius 2 is 2.05 bits per heavy atom. The van der Waals surface area contributed by atoms with E-state index < -0.39 is 0 Å². The minimum Gasteiger partial charge on any atom is -0.465 e. The Kier molecular flexibility index (Phi) is 4.51. The van der Waals surface area contributed by atoms with Crippen molar-refractivity contribution in [3.05, 3.63) is 53.6 Å². The van der Waals surface area contributed by atoms with Crippen molar-refractivity contribution in [2.45, 2.75) is 19.8 Å². The molecule has 3 nitrogen and oxygen atoms in total. The molecule has 0 aromatic heterocycles. The molecule has 0 saturated heterocycles. The number of ketones is 1. The Morgan fingerprint density at radius 3 is 2.60 bits per heavy atom. The Bertz CT molecular complexity index is 567. The van der Waals surface area contributed by atoms with Gasteiger partial charge in [0.1, 0.15) is 0 Å². The van der Waals surface area contributed by atoms with Gasteiger partial charge >= 0.3 is 5.97 Å². The average Bonchev–Trinajstić information content (AvgIpc) is 2.78. The van der Waals surface area contributed by atoms with Gasteiger partial charge in [-0.05, 0) is 30.4 Å². The zero-order valence-corrected chi connectivity index (χ0v) is 11.8. The molecule has 1 aliphatic carbocycles. The van der Waals surface area contributed by atoms with Gasteiger partial charge in [0.2, 0.25) is 0 Å². The maximum absolute atomic E-state index is 11.9. The minimum absolute atomic E-state index is 0.186. The normalized spacial score (nSPS) is 18.9. The number of benzene rings is 1. The number of carbonyl (C=O) groups is 2. The smallest absolute Gasteiger partial charge is 0.338 e. The number of esters is 1. The van der Waals surface area contributed by atoms with Crippen molar-refractivity contribution in [1.29, 1.82) is 0 Å². The number of allylic oxidation sites excluding steroid dienone is 3. The zero-order valence-electron chi connectivity index (χ0n) is 11.8. The highest BCUT2D eigenvalue weighted by atomic mass is 16.5. The largest absolute Gasteiger partial charge is 0.465 e. The van der Waals surface area contributed by atoms with E-state index in [1.54, 1.807) is 0 Å². The summed E-state index contributed by atoms with van der Waals surface area (Å²) in [5, 5.41) is 0. The van der Waals surface area contributed by atoms with Crippen LogP contribution in [0.4, 0.5) is 0 Å². The summed E-state index contributed by atoms with van der Waals surface area (Å²) in [5.41, 5.74) is 2.21. The lowest BCUT2D eigenvalue weighted by molar-refractivity contribution is -0.133. The molecular formula is C17H18O3. The first-order chi connectivity index (χ1) is 9.61. The van der Waals surface area contributed by atoms with Crippen molar-refractivity contribution in [3.8, 4) is 0 Å². The SMILES string of the molecule is COC(=O)/C(=C/CC1C=C(C)C(=O)C1)c1ccccc1. The van der Waals surface area contributed by atoms with Crippen LogP contribution in [0.5, 0.6) is 0 Å². The van der Waals surface area contributed by atoms with Crippen molar-refractivity contribution < 1.29 is 14.3 Å². The van der Waals surface area contributed by atoms with Crippen LogP contribution in [0.1, 0.15) is 25.3 Å². The summed E-state index contributed by atoms with van der Waals surface area (Å²) in [6.07, 6.45) is 5.06. The van der Waals surface area contributed by atoms with Crippen LogP contribution in [0, 0.1) is 5.92 Å². The van der Waals surface area contributed by atoms with Gasteiger partial charge in [0, 0.05) is 6.42 Å². The highest BCUT2D eigenvalue weighted by Crippen LogP contribution is 2.26.